The van der Waals surface area contributed by atoms with E-state index in [2.05, 4.69) is 4.98 Å². The molecule has 0 aliphatic heterocycles. The van der Waals surface area contributed by atoms with Crippen LogP contribution in [0.4, 0.5) is 0 Å². The lowest BCUT2D eigenvalue weighted by Crippen LogP contribution is -2.00. The van der Waals surface area contributed by atoms with Crippen molar-refractivity contribution in [2.24, 2.45) is 0 Å². The molecule has 1 aromatic rings. The van der Waals surface area contributed by atoms with E-state index in [4.69, 9.17) is 9.47 Å². The third kappa shape index (κ3) is 1.74. The van der Waals surface area contributed by atoms with E-state index in [1.54, 1.807) is 13.3 Å². The fourth-order valence-electron chi connectivity index (χ4n) is 1.24. The monoisotopic (exact) mass is 179 g/mol. The largest absolute Gasteiger partial charge is 0.491 e. The van der Waals surface area contributed by atoms with Crippen LogP contribution < -0.4 is 9.47 Å². The first-order chi connectivity index (χ1) is 6.31. The van der Waals surface area contributed by atoms with Gasteiger partial charge in [-0.25, -0.2) is 0 Å². The van der Waals surface area contributed by atoms with E-state index < -0.39 is 0 Å². The Bertz CT molecular complexity index is 308. The molecule has 13 heavy (non-hydrogen) atoms. The van der Waals surface area contributed by atoms with Crippen LogP contribution in [0.25, 0.3) is 0 Å². The van der Waals surface area contributed by atoms with Gasteiger partial charge in [-0.15, -0.1) is 0 Å². The predicted octanol–water partition coefficient (Wildman–Crippen LogP) is 1.94. The summed E-state index contributed by atoms with van der Waals surface area (Å²) in [5.74, 6) is 1.58. The molecule has 3 nitrogen and oxygen atoms in total. The quantitative estimate of drug-likeness (QED) is 0.710. The Morgan fingerprint density at radius 1 is 1.46 bits per heavy atom. The number of rotatable bonds is 3. The number of pyridine rings is 1. The Labute approximate surface area is 77.7 Å². The van der Waals surface area contributed by atoms with Crippen molar-refractivity contribution in [3.63, 3.8) is 0 Å². The van der Waals surface area contributed by atoms with E-state index >= 15 is 0 Å². The highest BCUT2D eigenvalue weighted by Gasteiger charge is 2.25. The van der Waals surface area contributed by atoms with E-state index in [-0.39, 0.29) is 0 Å². The highest BCUT2D eigenvalue weighted by molar-refractivity contribution is 5.42. The maximum absolute atomic E-state index is 5.66. The van der Waals surface area contributed by atoms with Crippen LogP contribution >= 0.6 is 0 Å². The smallest absolute Gasteiger partial charge is 0.182 e. The minimum atomic E-state index is 0.399. The van der Waals surface area contributed by atoms with Crippen LogP contribution in [0.1, 0.15) is 18.5 Å². The molecule has 0 spiro atoms. The number of hydrogen-bond donors (Lipinski definition) is 0. The third-order valence-corrected chi connectivity index (χ3v) is 2.07. The molecule has 0 amide bonds. The first-order valence-corrected chi connectivity index (χ1v) is 4.47. The second kappa shape index (κ2) is 3.24. The van der Waals surface area contributed by atoms with Gasteiger partial charge in [0.05, 0.1) is 18.9 Å². The summed E-state index contributed by atoms with van der Waals surface area (Å²) in [6, 6.07) is 1.85. The van der Waals surface area contributed by atoms with Crippen LogP contribution in [0.5, 0.6) is 11.5 Å². The first-order valence-electron chi connectivity index (χ1n) is 4.47. The Morgan fingerprint density at radius 2 is 2.23 bits per heavy atom. The molecule has 1 heterocycles. The van der Waals surface area contributed by atoms with Crippen molar-refractivity contribution < 1.29 is 9.47 Å². The molecule has 2 rings (SSSR count). The van der Waals surface area contributed by atoms with Crippen molar-refractivity contribution in [3.05, 3.63) is 18.0 Å². The van der Waals surface area contributed by atoms with Gasteiger partial charge in [-0.1, -0.05) is 0 Å². The van der Waals surface area contributed by atoms with Gasteiger partial charge in [0.15, 0.2) is 11.5 Å². The molecular weight excluding hydrogens is 166 g/mol. The summed E-state index contributed by atoms with van der Waals surface area (Å²) in [5.41, 5.74) is 0.876. The summed E-state index contributed by atoms with van der Waals surface area (Å²) in [4.78, 5) is 4.13. The number of hydrogen-bond acceptors (Lipinski definition) is 3. The second-order valence-corrected chi connectivity index (χ2v) is 3.24. The summed E-state index contributed by atoms with van der Waals surface area (Å²) in [6.45, 7) is 1.92. The lowest BCUT2D eigenvalue weighted by atomic mass is 10.3. The van der Waals surface area contributed by atoms with Crippen LogP contribution in [0.15, 0.2) is 12.3 Å². The van der Waals surface area contributed by atoms with Gasteiger partial charge >= 0.3 is 0 Å². The van der Waals surface area contributed by atoms with Gasteiger partial charge < -0.3 is 9.47 Å². The maximum Gasteiger partial charge on any atom is 0.182 e. The fraction of sp³-hybridized carbons (Fsp3) is 0.500. The Balaban J connectivity index is 2.25. The minimum Gasteiger partial charge on any atom is -0.491 e. The molecule has 0 atom stereocenters. The van der Waals surface area contributed by atoms with Gasteiger partial charge in [0, 0.05) is 12.3 Å². The van der Waals surface area contributed by atoms with Gasteiger partial charge in [-0.05, 0) is 19.8 Å². The zero-order chi connectivity index (χ0) is 9.26. The molecule has 1 aliphatic rings. The molecule has 0 aromatic carbocycles. The number of aromatic nitrogens is 1. The molecule has 0 N–H and O–H groups in total. The van der Waals surface area contributed by atoms with E-state index in [0.29, 0.717) is 6.10 Å². The summed E-state index contributed by atoms with van der Waals surface area (Å²) >= 11 is 0. The first kappa shape index (κ1) is 8.35. The van der Waals surface area contributed by atoms with E-state index in [9.17, 15) is 0 Å². The lowest BCUT2D eigenvalue weighted by Gasteiger charge is -2.10. The van der Waals surface area contributed by atoms with E-state index in [1.807, 2.05) is 13.0 Å². The van der Waals surface area contributed by atoms with Gasteiger partial charge in [0.2, 0.25) is 0 Å². The SMILES string of the molecule is COc1c(OC2CC2)ccnc1C. The number of aryl methyl sites for hydroxylation is 1. The van der Waals surface area contributed by atoms with Crippen molar-refractivity contribution in [2.75, 3.05) is 7.11 Å². The molecule has 0 unspecified atom stereocenters. The van der Waals surface area contributed by atoms with Gasteiger partial charge in [0.25, 0.3) is 0 Å². The molecular formula is C10H13NO2. The average Bonchev–Trinajstić information content (AvgIpc) is 2.89. The zero-order valence-corrected chi connectivity index (χ0v) is 7.91. The fourth-order valence-corrected chi connectivity index (χ4v) is 1.24. The molecule has 3 heteroatoms. The minimum absolute atomic E-state index is 0.399. The van der Waals surface area contributed by atoms with Gasteiger partial charge in [0.1, 0.15) is 0 Å². The molecule has 1 fully saturated rings. The molecule has 1 saturated carbocycles. The van der Waals surface area contributed by atoms with Crippen LogP contribution in [-0.4, -0.2) is 18.2 Å². The zero-order valence-electron chi connectivity index (χ0n) is 7.91. The highest BCUT2D eigenvalue weighted by atomic mass is 16.5. The van der Waals surface area contributed by atoms with Crippen molar-refractivity contribution >= 4 is 0 Å². The normalized spacial score (nSPS) is 15.5. The van der Waals surface area contributed by atoms with Crippen molar-refractivity contribution in [1.29, 1.82) is 0 Å². The summed E-state index contributed by atoms with van der Waals surface area (Å²) < 4.78 is 10.9. The number of nitrogens with zero attached hydrogens (tertiary/aromatic N) is 1. The van der Waals surface area contributed by atoms with Crippen molar-refractivity contribution in [1.82, 2.24) is 4.98 Å². The number of ether oxygens (including phenoxy) is 2. The van der Waals surface area contributed by atoms with Crippen LogP contribution in [0.3, 0.4) is 0 Å². The standard InChI is InChI=1S/C10H13NO2/c1-7-10(12-2)9(5-6-11-7)13-8-3-4-8/h5-6,8H,3-4H2,1-2H3. The Kier molecular flexibility index (Phi) is 2.08. The summed E-state index contributed by atoms with van der Waals surface area (Å²) in [7, 11) is 1.64. The molecule has 0 radical (unpaired) electrons. The highest BCUT2D eigenvalue weighted by Crippen LogP contribution is 2.34. The predicted molar refractivity (Wildman–Crippen MR) is 49.2 cm³/mol. The van der Waals surface area contributed by atoms with Crippen molar-refractivity contribution in [3.8, 4) is 11.5 Å². The average molecular weight is 179 g/mol. The second-order valence-electron chi connectivity index (χ2n) is 3.24. The van der Waals surface area contributed by atoms with Crippen LogP contribution in [-0.2, 0) is 0 Å². The van der Waals surface area contributed by atoms with Crippen LogP contribution in [0.2, 0.25) is 0 Å². The molecule has 1 aliphatic carbocycles. The Morgan fingerprint density at radius 3 is 2.85 bits per heavy atom. The maximum atomic E-state index is 5.66. The van der Waals surface area contributed by atoms with Gasteiger partial charge in [-0.3, -0.25) is 4.98 Å². The van der Waals surface area contributed by atoms with Gasteiger partial charge in [-0.2, -0.15) is 0 Å². The number of methoxy groups -OCH3 is 1. The van der Waals surface area contributed by atoms with E-state index in [0.717, 1.165) is 30.0 Å². The molecule has 1 aromatic heterocycles. The summed E-state index contributed by atoms with van der Waals surface area (Å²) in [6.07, 6.45) is 4.46. The Hall–Kier alpha value is -1.25. The van der Waals surface area contributed by atoms with Crippen LogP contribution in [0, 0.1) is 6.92 Å². The van der Waals surface area contributed by atoms with E-state index in [1.165, 1.54) is 0 Å². The van der Waals surface area contributed by atoms with Crippen molar-refractivity contribution in [2.45, 2.75) is 25.9 Å². The molecule has 0 saturated heterocycles. The molecule has 70 valence electrons. The lowest BCUT2D eigenvalue weighted by molar-refractivity contribution is 0.280. The molecule has 0 bridgehead atoms. The topological polar surface area (TPSA) is 31.4 Å². The summed E-state index contributed by atoms with van der Waals surface area (Å²) in [5, 5.41) is 0. The third-order valence-electron chi connectivity index (χ3n) is 2.07.